The maximum atomic E-state index is 12.7. The highest BCUT2D eigenvalue weighted by molar-refractivity contribution is 5.41. The monoisotopic (exact) mass is 284 g/mol. The number of alkyl halides is 3. The van der Waals surface area contributed by atoms with Gasteiger partial charge in [-0.25, -0.2) is 0 Å². The van der Waals surface area contributed by atoms with Gasteiger partial charge in [0, 0.05) is 6.54 Å². The van der Waals surface area contributed by atoms with Crippen molar-refractivity contribution in [3.63, 3.8) is 0 Å². The van der Waals surface area contributed by atoms with E-state index in [2.05, 4.69) is 4.90 Å². The number of nitrogens with zero attached hydrogens (tertiary/aromatic N) is 2. The van der Waals surface area contributed by atoms with Gasteiger partial charge >= 0.3 is 6.18 Å². The molecule has 0 amide bonds. The van der Waals surface area contributed by atoms with E-state index in [-0.39, 0.29) is 11.3 Å². The van der Waals surface area contributed by atoms with Crippen molar-refractivity contribution in [2.75, 3.05) is 26.2 Å². The summed E-state index contributed by atoms with van der Waals surface area (Å²) >= 11 is 0. The van der Waals surface area contributed by atoms with E-state index in [0.29, 0.717) is 13.2 Å². The lowest BCUT2D eigenvalue weighted by Crippen LogP contribution is -2.25. The molecule has 3 nitrogen and oxygen atoms in total. The van der Waals surface area contributed by atoms with Crippen molar-refractivity contribution < 1.29 is 17.9 Å². The highest BCUT2D eigenvalue weighted by Crippen LogP contribution is 2.32. The van der Waals surface area contributed by atoms with Crippen LogP contribution in [0.3, 0.4) is 0 Å². The van der Waals surface area contributed by atoms with Crippen LogP contribution in [0.15, 0.2) is 18.2 Å². The number of ether oxygens (including phenoxy) is 1. The highest BCUT2D eigenvalue weighted by atomic mass is 19.4. The van der Waals surface area contributed by atoms with Crippen LogP contribution in [0, 0.1) is 11.3 Å². The largest absolute Gasteiger partial charge is 0.492 e. The molecule has 20 heavy (non-hydrogen) atoms. The van der Waals surface area contributed by atoms with E-state index in [1.165, 1.54) is 6.07 Å². The van der Waals surface area contributed by atoms with Gasteiger partial charge in [0.15, 0.2) is 0 Å². The molecule has 0 radical (unpaired) electrons. The summed E-state index contributed by atoms with van der Waals surface area (Å²) in [5, 5.41) is 8.77. The second kappa shape index (κ2) is 6.14. The second-order valence-corrected chi connectivity index (χ2v) is 4.75. The Hall–Kier alpha value is -1.74. The fourth-order valence-corrected chi connectivity index (χ4v) is 2.21. The number of halogens is 3. The van der Waals surface area contributed by atoms with E-state index >= 15 is 0 Å². The summed E-state index contributed by atoms with van der Waals surface area (Å²) in [7, 11) is 0. The molecule has 0 aliphatic carbocycles. The molecular weight excluding hydrogens is 269 g/mol. The predicted octanol–water partition coefficient (Wildman–Crippen LogP) is 3.05. The SMILES string of the molecule is N#Cc1cc(OCCN2CCCC2)cc(C(F)(F)F)c1. The maximum absolute atomic E-state index is 12.7. The molecule has 0 aromatic heterocycles. The first kappa shape index (κ1) is 14.7. The van der Waals surface area contributed by atoms with Crippen molar-refractivity contribution in [1.82, 2.24) is 4.90 Å². The van der Waals surface area contributed by atoms with E-state index in [4.69, 9.17) is 10.00 Å². The number of benzene rings is 1. The zero-order valence-electron chi connectivity index (χ0n) is 10.9. The lowest BCUT2D eigenvalue weighted by molar-refractivity contribution is -0.137. The summed E-state index contributed by atoms with van der Waals surface area (Å²) in [5.74, 6) is 0.0931. The van der Waals surface area contributed by atoms with Crippen molar-refractivity contribution in [1.29, 1.82) is 5.26 Å². The third kappa shape index (κ3) is 3.87. The third-order valence-corrected chi connectivity index (χ3v) is 3.24. The number of hydrogen-bond acceptors (Lipinski definition) is 3. The molecule has 1 aromatic rings. The summed E-state index contributed by atoms with van der Waals surface area (Å²) in [6.45, 7) is 3.04. The Morgan fingerprint density at radius 1 is 1.20 bits per heavy atom. The lowest BCUT2D eigenvalue weighted by Gasteiger charge is -2.16. The Labute approximate surface area is 115 Å². The van der Waals surface area contributed by atoms with Crippen LogP contribution < -0.4 is 4.74 Å². The summed E-state index contributed by atoms with van der Waals surface area (Å²) in [4.78, 5) is 2.21. The summed E-state index contributed by atoms with van der Waals surface area (Å²) in [6.07, 6.45) is -2.16. The van der Waals surface area contributed by atoms with Crippen LogP contribution in [0.5, 0.6) is 5.75 Å². The standard InChI is InChI=1S/C14H15F3N2O/c15-14(16,17)12-7-11(10-18)8-13(9-12)20-6-5-19-3-1-2-4-19/h7-9H,1-6H2. The van der Waals surface area contributed by atoms with Gasteiger partial charge in [0.05, 0.1) is 17.2 Å². The van der Waals surface area contributed by atoms with Crippen LogP contribution in [0.25, 0.3) is 0 Å². The molecule has 0 saturated carbocycles. The molecule has 0 N–H and O–H groups in total. The van der Waals surface area contributed by atoms with Crippen LogP contribution >= 0.6 is 0 Å². The Bertz CT molecular complexity index is 502. The van der Waals surface area contributed by atoms with Crippen LogP contribution in [0.2, 0.25) is 0 Å². The number of likely N-dealkylation sites (tertiary alicyclic amines) is 1. The topological polar surface area (TPSA) is 36.3 Å². The van der Waals surface area contributed by atoms with Gasteiger partial charge in [-0.2, -0.15) is 18.4 Å². The molecule has 6 heteroatoms. The van der Waals surface area contributed by atoms with Crippen molar-refractivity contribution >= 4 is 0 Å². The van der Waals surface area contributed by atoms with E-state index < -0.39 is 11.7 Å². The molecule has 0 atom stereocenters. The van der Waals surface area contributed by atoms with E-state index in [0.717, 1.165) is 38.1 Å². The second-order valence-electron chi connectivity index (χ2n) is 4.75. The Balaban J connectivity index is 2.01. The summed E-state index contributed by atoms with van der Waals surface area (Å²) in [6, 6.07) is 4.82. The molecule has 1 heterocycles. The zero-order valence-corrected chi connectivity index (χ0v) is 10.9. The number of rotatable bonds is 4. The first-order chi connectivity index (χ1) is 9.49. The minimum atomic E-state index is -4.47. The number of nitriles is 1. The number of hydrogen-bond donors (Lipinski definition) is 0. The lowest BCUT2D eigenvalue weighted by atomic mass is 10.1. The molecule has 0 unspecified atom stereocenters. The molecule has 1 aromatic carbocycles. The Morgan fingerprint density at radius 2 is 1.90 bits per heavy atom. The van der Waals surface area contributed by atoms with E-state index in [1.807, 2.05) is 0 Å². The first-order valence-electron chi connectivity index (χ1n) is 6.46. The molecule has 1 aliphatic rings. The van der Waals surface area contributed by atoms with Crippen molar-refractivity contribution in [3.05, 3.63) is 29.3 Å². The molecule has 1 saturated heterocycles. The molecule has 1 fully saturated rings. The van der Waals surface area contributed by atoms with Gasteiger partial charge in [-0.1, -0.05) is 0 Å². The van der Waals surface area contributed by atoms with Gasteiger partial charge in [-0.3, -0.25) is 4.90 Å². The quantitative estimate of drug-likeness (QED) is 0.852. The minimum Gasteiger partial charge on any atom is -0.492 e. The highest BCUT2D eigenvalue weighted by Gasteiger charge is 2.31. The fourth-order valence-electron chi connectivity index (χ4n) is 2.21. The van der Waals surface area contributed by atoms with Gasteiger partial charge in [0.25, 0.3) is 0 Å². The zero-order chi connectivity index (χ0) is 14.6. The smallest absolute Gasteiger partial charge is 0.416 e. The summed E-state index contributed by atoms with van der Waals surface area (Å²) in [5.41, 5.74) is -0.899. The molecule has 108 valence electrons. The molecule has 2 rings (SSSR count). The molecule has 0 bridgehead atoms. The van der Waals surface area contributed by atoms with Gasteiger partial charge in [-0.05, 0) is 44.1 Å². The summed E-state index contributed by atoms with van der Waals surface area (Å²) < 4.78 is 43.4. The van der Waals surface area contributed by atoms with Crippen LogP contribution in [0.4, 0.5) is 13.2 Å². The Morgan fingerprint density at radius 3 is 2.50 bits per heavy atom. The van der Waals surface area contributed by atoms with Crippen LogP contribution in [-0.4, -0.2) is 31.1 Å². The van der Waals surface area contributed by atoms with Gasteiger partial charge < -0.3 is 4.74 Å². The molecule has 1 aliphatic heterocycles. The fraction of sp³-hybridized carbons (Fsp3) is 0.500. The van der Waals surface area contributed by atoms with E-state index in [9.17, 15) is 13.2 Å². The van der Waals surface area contributed by atoms with E-state index in [1.54, 1.807) is 6.07 Å². The predicted molar refractivity (Wildman–Crippen MR) is 67.3 cm³/mol. The first-order valence-corrected chi connectivity index (χ1v) is 6.46. The van der Waals surface area contributed by atoms with Gasteiger partial charge in [0.1, 0.15) is 12.4 Å². The van der Waals surface area contributed by atoms with Gasteiger partial charge in [-0.15, -0.1) is 0 Å². The minimum absolute atomic E-state index is 0.0454. The normalized spacial score (nSPS) is 16.1. The van der Waals surface area contributed by atoms with Crippen molar-refractivity contribution in [2.45, 2.75) is 19.0 Å². The molecular formula is C14H15F3N2O. The van der Waals surface area contributed by atoms with Crippen molar-refractivity contribution in [2.24, 2.45) is 0 Å². The molecule has 0 spiro atoms. The van der Waals surface area contributed by atoms with Crippen LogP contribution in [0.1, 0.15) is 24.0 Å². The third-order valence-electron chi connectivity index (χ3n) is 3.24. The van der Waals surface area contributed by atoms with Crippen molar-refractivity contribution in [3.8, 4) is 11.8 Å². The Kier molecular flexibility index (Phi) is 4.50. The average molecular weight is 284 g/mol. The maximum Gasteiger partial charge on any atom is 0.416 e. The van der Waals surface area contributed by atoms with Gasteiger partial charge in [0.2, 0.25) is 0 Å². The average Bonchev–Trinajstić information content (AvgIpc) is 2.90. The van der Waals surface area contributed by atoms with Crippen LogP contribution in [-0.2, 0) is 6.18 Å².